The Kier molecular flexibility index (Phi) is 7.21. The van der Waals surface area contributed by atoms with Crippen molar-refractivity contribution in [2.24, 2.45) is 0 Å². The van der Waals surface area contributed by atoms with Crippen molar-refractivity contribution in [1.82, 2.24) is 10.3 Å². The van der Waals surface area contributed by atoms with Crippen LogP contribution in [-0.4, -0.2) is 24.0 Å². The minimum absolute atomic E-state index is 0.187. The van der Waals surface area contributed by atoms with E-state index in [4.69, 9.17) is 9.29 Å². The number of carbonyl (C=O) groups is 1. The molecule has 2 aromatic carbocycles. The van der Waals surface area contributed by atoms with Gasteiger partial charge < -0.3 is 10.1 Å². The summed E-state index contributed by atoms with van der Waals surface area (Å²) < 4.78 is 51.5. The number of hydrogen-bond acceptors (Lipinski definition) is 6. The number of rotatable bonds is 8. The first-order valence-electron chi connectivity index (χ1n) is 9.25. The smallest absolute Gasteiger partial charge is 0.407 e. The molecule has 0 fully saturated rings. The van der Waals surface area contributed by atoms with Crippen LogP contribution < -0.4 is 14.8 Å². The monoisotopic (exact) mass is 465 g/mol. The number of aromatic nitrogens is 1. The van der Waals surface area contributed by atoms with Crippen molar-refractivity contribution in [3.63, 3.8) is 0 Å². The van der Waals surface area contributed by atoms with E-state index in [1.54, 1.807) is 18.2 Å². The number of nitrogens with zero attached hydrogens (tertiary/aromatic N) is 1. The molecule has 0 bridgehead atoms. The minimum atomic E-state index is -4.37. The maximum absolute atomic E-state index is 13.8. The van der Waals surface area contributed by atoms with Crippen molar-refractivity contribution in [2.75, 3.05) is 4.72 Å². The molecular weight excluding hydrogens is 445 g/mol. The van der Waals surface area contributed by atoms with Crippen LogP contribution in [0.4, 0.5) is 14.9 Å². The van der Waals surface area contributed by atoms with Gasteiger partial charge in [0, 0.05) is 5.38 Å². The molecule has 3 N–H and O–H groups in total. The van der Waals surface area contributed by atoms with Crippen LogP contribution in [0.25, 0.3) is 0 Å². The molecule has 0 radical (unpaired) electrons. The summed E-state index contributed by atoms with van der Waals surface area (Å²) in [6.45, 7) is 1.97. The lowest BCUT2D eigenvalue weighted by molar-refractivity contribution is 0.193. The Hall–Kier alpha value is -3.02. The van der Waals surface area contributed by atoms with Gasteiger partial charge in [-0.3, -0.25) is 9.27 Å². The van der Waals surface area contributed by atoms with E-state index in [9.17, 15) is 17.6 Å². The molecule has 0 spiro atoms. The molecule has 0 aliphatic carbocycles. The normalized spacial score (nSPS) is 12.2. The van der Waals surface area contributed by atoms with Crippen molar-refractivity contribution in [3.05, 3.63) is 76.0 Å². The zero-order chi connectivity index (χ0) is 22.4. The Bertz CT molecular complexity index is 1150. The first kappa shape index (κ1) is 22.7. The second-order valence-electron chi connectivity index (χ2n) is 6.53. The fourth-order valence-electron chi connectivity index (χ4n) is 2.74. The summed E-state index contributed by atoms with van der Waals surface area (Å²) in [5, 5.41) is 5.27. The third-order valence-electron chi connectivity index (χ3n) is 4.20. The van der Waals surface area contributed by atoms with Gasteiger partial charge in [0.2, 0.25) is 0 Å². The molecule has 8 nitrogen and oxygen atoms in total. The molecule has 0 saturated heterocycles. The number of benzene rings is 2. The maximum Gasteiger partial charge on any atom is 0.413 e. The van der Waals surface area contributed by atoms with E-state index >= 15 is 0 Å². The van der Waals surface area contributed by atoms with Crippen molar-refractivity contribution in [3.8, 4) is 5.75 Å². The second-order valence-corrected chi connectivity index (χ2v) is 8.57. The van der Waals surface area contributed by atoms with Crippen LogP contribution in [0.5, 0.6) is 5.75 Å². The fourth-order valence-corrected chi connectivity index (χ4v) is 4.12. The molecule has 3 rings (SSSR count). The van der Waals surface area contributed by atoms with Gasteiger partial charge in [0.05, 0.1) is 17.4 Å². The maximum atomic E-state index is 13.8. The van der Waals surface area contributed by atoms with Gasteiger partial charge >= 0.3 is 16.4 Å². The quantitative estimate of drug-likeness (QED) is 0.431. The molecule has 0 unspecified atom stereocenters. The van der Waals surface area contributed by atoms with Gasteiger partial charge in [-0.2, -0.15) is 8.42 Å². The number of nitrogens with one attached hydrogen (secondary N) is 2. The van der Waals surface area contributed by atoms with Gasteiger partial charge in [-0.05, 0) is 42.7 Å². The average Bonchev–Trinajstić information content (AvgIpc) is 3.19. The Morgan fingerprint density at radius 3 is 2.55 bits per heavy atom. The predicted octanol–water partition coefficient (Wildman–Crippen LogP) is 4.13. The SMILES string of the molecule is CCc1csc([C@H](Cc2ccc(NS(=O)(=O)O)cc2)NC(=O)Oc2ccccc2F)n1. The highest BCUT2D eigenvalue weighted by molar-refractivity contribution is 7.87. The molecule has 1 atom stereocenters. The molecule has 31 heavy (non-hydrogen) atoms. The summed E-state index contributed by atoms with van der Waals surface area (Å²) in [5.74, 6) is -0.841. The van der Waals surface area contributed by atoms with Crippen LogP contribution in [0.3, 0.4) is 0 Å². The lowest BCUT2D eigenvalue weighted by atomic mass is 10.1. The summed E-state index contributed by atoms with van der Waals surface area (Å²) in [6, 6.07) is 11.3. The Labute approximate surface area is 183 Å². The van der Waals surface area contributed by atoms with E-state index in [0.29, 0.717) is 11.4 Å². The van der Waals surface area contributed by atoms with Gasteiger partial charge in [-0.1, -0.05) is 31.2 Å². The largest absolute Gasteiger partial charge is 0.413 e. The van der Waals surface area contributed by atoms with E-state index in [0.717, 1.165) is 17.7 Å². The first-order valence-corrected chi connectivity index (χ1v) is 11.6. The number of hydrogen-bond donors (Lipinski definition) is 3. The first-order chi connectivity index (χ1) is 14.7. The molecule has 1 aromatic heterocycles. The van der Waals surface area contributed by atoms with Crippen molar-refractivity contribution < 1.29 is 26.9 Å². The summed E-state index contributed by atoms with van der Waals surface area (Å²) >= 11 is 1.38. The third kappa shape index (κ3) is 6.74. The van der Waals surface area contributed by atoms with E-state index in [2.05, 4.69) is 10.3 Å². The Morgan fingerprint density at radius 1 is 1.23 bits per heavy atom. The lowest BCUT2D eigenvalue weighted by Crippen LogP contribution is -2.32. The van der Waals surface area contributed by atoms with Crippen LogP contribution in [0.1, 0.15) is 29.2 Å². The summed E-state index contributed by atoms with van der Waals surface area (Å²) in [5.41, 5.74) is 1.84. The van der Waals surface area contributed by atoms with Crippen LogP contribution in [0, 0.1) is 5.82 Å². The topological polar surface area (TPSA) is 118 Å². The summed E-state index contributed by atoms with van der Waals surface area (Å²) in [7, 11) is -4.37. The number of para-hydroxylation sites is 1. The number of aryl methyl sites for hydroxylation is 1. The number of anilines is 1. The van der Waals surface area contributed by atoms with Gasteiger partial charge in [-0.15, -0.1) is 11.3 Å². The molecule has 11 heteroatoms. The molecule has 1 amide bonds. The highest BCUT2D eigenvalue weighted by Gasteiger charge is 2.21. The zero-order valence-electron chi connectivity index (χ0n) is 16.4. The van der Waals surface area contributed by atoms with Crippen molar-refractivity contribution >= 4 is 33.4 Å². The van der Waals surface area contributed by atoms with Gasteiger partial charge in [0.15, 0.2) is 11.6 Å². The molecule has 0 aliphatic rings. The molecule has 0 saturated carbocycles. The van der Waals surface area contributed by atoms with Crippen LogP contribution in [0.2, 0.25) is 0 Å². The highest BCUT2D eigenvalue weighted by atomic mass is 32.2. The van der Waals surface area contributed by atoms with Crippen molar-refractivity contribution in [1.29, 1.82) is 0 Å². The second kappa shape index (κ2) is 9.86. The zero-order valence-corrected chi connectivity index (χ0v) is 18.0. The third-order valence-corrected chi connectivity index (χ3v) is 5.70. The number of ether oxygens (including phenoxy) is 1. The number of amides is 1. The van der Waals surface area contributed by atoms with Crippen LogP contribution in [-0.2, 0) is 23.1 Å². The van der Waals surface area contributed by atoms with Gasteiger partial charge in [0.25, 0.3) is 0 Å². The fraction of sp³-hybridized carbons (Fsp3) is 0.200. The van der Waals surface area contributed by atoms with E-state index in [-0.39, 0.29) is 11.4 Å². The lowest BCUT2D eigenvalue weighted by Gasteiger charge is -2.17. The Morgan fingerprint density at radius 2 is 1.94 bits per heavy atom. The van der Waals surface area contributed by atoms with Crippen LogP contribution >= 0.6 is 11.3 Å². The summed E-state index contributed by atoms with van der Waals surface area (Å²) in [6.07, 6.45) is 0.238. The van der Waals surface area contributed by atoms with E-state index in [1.807, 2.05) is 17.0 Å². The molecule has 164 valence electrons. The van der Waals surface area contributed by atoms with E-state index in [1.165, 1.54) is 41.7 Å². The molecule has 0 aliphatic heterocycles. The predicted molar refractivity (Wildman–Crippen MR) is 115 cm³/mol. The summed E-state index contributed by atoms with van der Waals surface area (Å²) in [4.78, 5) is 16.9. The minimum Gasteiger partial charge on any atom is -0.407 e. The number of halogens is 1. The van der Waals surface area contributed by atoms with Crippen LogP contribution in [0.15, 0.2) is 53.9 Å². The highest BCUT2D eigenvalue weighted by Crippen LogP contribution is 2.24. The Balaban J connectivity index is 1.76. The van der Waals surface area contributed by atoms with Crippen molar-refractivity contribution in [2.45, 2.75) is 25.8 Å². The molecule has 3 aromatic rings. The average molecular weight is 466 g/mol. The number of thiazole rings is 1. The van der Waals surface area contributed by atoms with Gasteiger partial charge in [-0.25, -0.2) is 14.2 Å². The molecular formula is C20H20FN3O5S2. The van der Waals surface area contributed by atoms with Gasteiger partial charge in [0.1, 0.15) is 5.01 Å². The molecule has 1 heterocycles. The van der Waals surface area contributed by atoms with E-state index < -0.39 is 28.3 Å². The standard InChI is InChI=1S/C20H20FN3O5S2/c1-2-14-12-30-19(22-14)17(23-20(25)29-18-6-4-3-5-16(18)21)11-13-7-9-15(10-8-13)24-31(26,27)28/h3-10,12,17,24H,2,11H2,1H3,(H,23,25)(H,26,27,28)/t17-/m0/s1. The number of carbonyl (C=O) groups excluding carboxylic acids is 1.